The van der Waals surface area contributed by atoms with Crippen LogP contribution in [0.5, 0.6) is 0 Å². The molecule has 1 amide bonds. The van der Waals surface area contributed by atoms with E-state index in [0.29, 0.717) is 0 Å². The quantitative estimate of drug-likeness (QED) is 0.482. The van der Waals surface area contributed by atoms with Crippen LogP contribution in [0.25, 0.3) is 10.9 Å². The number of para-hydroxylation sites is 1. The Morgan fingerprint density at radius 2 is 1.84 bits per heavy atom. The second-order valence-corrected chi connectivity index (χ2v) is 8.37. The van der Waals surface area contributed by atoms with Gasteiger partial charge in [0.25, 0.3) is 5.56 Å². The standard InChI is InChI=1S/C24H18FN3O2S/c25-17-10-11-18-19(12-17)26-15-27(24(18)30)13-23(29)28-20-8-4-5-9-22(20)31-14-21(28)16-6-2-1-3-7-16/h1-12,15,21H,13-14H2. The SMILES string of the molecule is O=C(Cn1cnc2cc(F)ccc2c1=O)N1c2ccccc2SCC1c1ccccc1. The molecular formula is C24H18FN3O2S. The van der Waals surface area contributed by atoms with Gasteiger partial charge in [-0.15, -0.1) is 11.8 Å². The predicted molar refractivity (Wildman–Crippen MR) is 120 cm³/mol. The molecule has 0 saturated heterocycles. The molecule has 4 aromatic rings. The number of thioether (sulfide) groups is 1. The molecule has 0 fully saturated rings. The molecule has 31 heavy (non-hydrogen) atoms. The average Bonchev–Trinajstić information content (AvgIpc) is 2.80. The molecule has 0 bridgehead atoms. The normalized spacial score (nSPS) is 15.6. The van der Waals surface area contributed by atoms with Crippen LogP contribution in [-0.2, 0) is 11.3 Å². The van der Waals surface area contributed by atoms with Gasteiger partial charge in [0.05, 0.1) is 29.0 Å². The van der Waals surface area contributed by atoms with E-state index in [0.717, 1.165) is 21.9 Å². The van der Waals surface area contributed by atoms with Gasteiger partial charge >= 0.3 is 0 Å². The maximum atomic E-state index is 13.5. The maximum absolute atomic E-state index is 13.5. The van der Waals surface area contributed by atoms with Crippen LogP contribution in [0.3, 0.4) is 0 Å². The van der Waals surface area contributed by atoms with Gasteiger partial charge in [0.2, 0.25) is 5.91 Å². The van der Waals surface area contributed by atoms with Crippen molar-refractivity contribution >= 4 is 34.3 Å². The molecule has 7 heteroatoms. The first-order valence-corrected chi connectivity index (χ1v) is 10.8. The molecule has 1 unspecified atom stereocenters. The number of benzene rings is 3. The molecule has 154 valence electrons. The third-order valence-electron chi connectivity index (χ3n) is 5.38. The molecule has 2 heterocycles. The van der Waals surface area contributed by atoms with Gasteiger partial charge in [0.1, 0.15) is 12.4 Å². The molecule has 0 radical (unpaired) electrons. The summed E-state index contributed by atoms with van der Waals surface area (Å²) in [6.07, 6.45) is 1.31. The first-order valence-electron chi connectivity index (χ1n) is 9.85. The number of fused-ring (bicyclic) bond motifs is 2. The van der Waals surface area contributed by atoms with Gasteiger partial charge in [-0.05, 0) is 29.8 Å². The highest BCUT2D eigenvalue weighted by atomic mass is 32.2. The smallest absolute Gasteiger partial charge is 0.261 e. The van der Waals surface area contributed by atoms with Gasteiger partial charge in [0.15, 0.2) is 0 Å². The number of rotatable bonds is 3. The lowest BCUT2D eigenvalue weighted by Crippen LogP contribution is -2.42. The van der Waals surface area contributed by atoms with Crippen molar-refractivity contribution in [1.82, 2.24) is 9.55 Å². The largest absolute Gasteiger partial charge is 0.301 e. The van der Waals surface area contributed by atoms with Crippen LogP contribution in [0.1, 0.15) is 11.6 Å². The molecule has 0 spiro atoms. The second-order valence-electron chi connectivity index (χ2n) is 7.31. The van der Waals surface area contributed by atoms with Crippen molar-refractivity contribution in [3.8, 4) is 0 Å². The molecule has 0 N–H and O–H groups in total. The summed E-state index contributed by atoms with van der Waals surface area (Å²) in [6.45, 7) is -0.151. The molecule has 3 aromatic carbocycles. The van der Waals surface area contributed by atoms with Gasteiger partial charge in [-0.3, -0.25) is 14.2 Å². The van der Waals surface area contributed by atoms with E-state index >= 15 is 0 Å². The van der Waals surface area contributed by atoms with Crippen LogP contribution in [0, 0.1) is 5.82 Å². The lowest BCUT2D eigenvalue weighted by atomic mass is 10.1. The van der Waals surface area contributed by atoms with Gasteiger partial charge in [0, 0.05) is 16.7 Å². The van der Waals surface area contributed by atoms with Crippen LogP contribution in [0.2, 0.25) is 0 Å². The minimum Gasteiger partial charge on any atom is -0.301 e. The summed E-state index contributed by atoms with van der Waals surface area (Å²) in [4.78, 5) is 33.4. The monoisotopic (exact) mass is 431 g/mol. The van der Waals surface area contributed by atoms with Crippen molar-refractivity contribution < 1.29 is 9.18 Å². The molecule has 5 rings (SSSR count). The van der Waals surface area contributed by atoms with E-state index in [2.05, 4.69) is 4.98 Å². The highest BCUT2D eigenvalue weighted by Crippen LogP contribution is 2.43. The van der Waals surface area contributed by atoms with E-state index in [1.807, 2.05) is 54.6 Å². The molecule has 5 nitrogen and oxygen atoms in total. The number of carbonyl (C=O) groups is 1. The van der Waals surface area contributed by atoms with Crippen molar-refractivity contribution in [3.63, 3.8) is 0 Å². The van der Waals surface area contributed by atoms with E-state index in [1.165, 1.54) is 29.1 Å². The number of carbonyl (C=O) groups excluding carboxylic acids is 1. The molecule has 0 saturated carbocycles. The number of hydrogen-bond acceptors (Lipinski definition) is 4. The van der Waals surface area contributed by atoms with Crippen molar-refractivity contribution in [2.24, 2.45) is 0 Å². The number of anilines is 1. The number of nitrogens with zero attached hydrogens (tertiary/aromatic N) is 3. The maximum Gasteiger partial charge on any atom is 0.261 e. The minimum absolute atomic E-state index is 0.146. The summed E-state index contributed by atoms with van der Waals surface area (Å²) in [5.41, 5.74) is 1.78. The highest BCUT2D eigenvalue weighted by Gasteiger charge is 2.32. The van der Waals surface area contributed by atoms with E-state index < -0.39 is 5.82 Å². The van der Waals surface area contributed by atoms with Crippen LogP contribution < -0.4 is 10.5 Å². The van der Waals surface area contributed by atoms with E-state index in [4.69, 9.17) is 0 Å². The Hall–Kier alpha value is -3.45. The molecule has 0 aliphatic carbocycles. The Balaban J connectivity index is 1.54. The van der Waals surface area contributed by atoms with Crippen LogP contribution >= 0.6 is 11.8 Å². The Labute approximate surface area is 182 Å². The molecular weight excluding hydrogens is 413 g/mol. The number of halogens is 1. The third kappa shape index (κ3) is 3.61. The zero-order valence-corrected chi connectivity index (χ0v) is 17.3. The van der Waals surface area contributed by atoms with E-state index in [1.54, 1.807) is 16.7 Å². The number of aromatic nitrogens is 2. The Kier molecular flexibility index (Phi) is 5.03. The zero-order chi connectivity index (χ0) is 21.4. The summed E-state index contributed by atoms with van der Waals surface area (Å²) >= 11 is 1.72. The van der Waals surface area contributed by atoms with Crippen molar-refractivity contribution in [2.75, 3.05) is 10.7 Å². The molecule has 1 aromatic heterocycles. The van der Waals surface area contributed by atoms with Crippen LogP contribution in [-0.4, -0.2) is 21.2 Å². The van der Waals surface area contributed by atoms with Crippen molar-refractivity contribution in [1.29, 1.82) is 0 Å². The van der Waals surface area contributed by atoms with E-state index in [9.17, 15) is 14.0 Å². The molecule has 1 atom stereocenters. The summed E-state index contributed by atoms with van der Waals surface area (Å²) < 4.78 is 14.7. The average molecular weight is 431 g/mol. The fourth-order valence-corrected chi connectivity index (χ4v) is 5.05. The Bertz CT molecular complexity index is 1340. The number of amides is 1. The van der Waals surface area contributed by atoms with Gasteiger partial charge < -0.3 is 4.90 Å². The summed E-state index contributed by atoms with van der Waals surface area (Å²) in [7, 11) is 0. The first kappa shape index (κ1) is 19.5. The zero-order valence-electron chi connectivity index (χ0n) is 16.4. The topological polar surface area (TPSA) is 55.2 Å². The second kappa shape index (κ2) is 8.00. The Morgan fingerprint density at radius 1 is 1.06 bits per heavy atom. The van der Waals surface area contributed by atoms with Gasteiger partial charge in [-0.2, -0.15) is 0 Å². The van der Waals surface area contributed by atoms with Crippen LogP contribution in [0.4, 0.5) is 10.1 Å². The first-order chi connectivity index (χ1) is 15.1. The van der Waals surface area contributed by atoms with Gasteiger partial charge in [-0.25, -0.2) is 9.37 Å². The highest BCUT2D eigenvalue weighted by molar-refractivity contribution is 7.99. The fraction of sp³-hybridized carbons (Fsp3) is 0.125. The lowest BCUT2D eigenvalue weighted by molar-refractivity contribution is -0.119. The summed E-state index contributed by atoms with van der Waals surface area (Å²) in [5, 5.41) is 0.283. The number of hydrogen-bond donors (Lipinski definition) is 0. The predicted octanol–water partition coefficient (Wildman–Crippen LogP) is 4.42. The Morgan fingerprint density at radius 3 is 2.68 bits per heavy atom. The molecule has 1 aliphatic heterocycles. The summed E-state index contributed by atoms with van der Waals surface area (Å²) in [6, 6.07) is 21.4. The van der Waals surface area contributed by atoms with E-state index in [-0.39, 0.29) is 35.0 Å². The van der Waals surface area contributed by atoms with Crippen molar-refractivity contribution in [2.45, 2.75) is 17.5 Å². The lowest BCUT2D eigenvalue weighted by Gasteiger charge is -2.37. The van der Waals surface area contributed by atoms with Crippen molar-refractivity contribution in [3.05, 3.63) is 101 Å². The summed E-state index contributed by atoms with van der Waals surface area (Å²) in [5.74, 6) is 0.0602. The van der Waals surface area contributed by atoms with Gasteiger partial charge in [-0.1, -0.05) is 42.5 Å². The molecule has 1 aliphatic rings. The van der Waals surface area contributed by atoms with Crippen LogP contribution in [0.15, 0.2) is 88.8 Å². The fourth-order valence-electron chi connectivity index (χ4n) is 3.88. The minimum atomic E-state index is -0.457. The third-order valence-corrected chi connectivity index (χ3v) is 6.52.